The van der Waals surface area contributed by atoms with Gasteiger partial charge in [0.05, 0.1) is 13.2 Å². The Morgan fingerprint density at radius 3 is 2.65 bits per heavy atom. The van der Waals surface area contributed by atoms with Gasteiger partial charge in [-0.05, 0) is 5.92 Å². The molecular weight excluding hydrogens is 348 g/mol. The number of aromatic amines is 1. The van der Waals surface area contributed by atoms with E-state index < -0.39 is 41.8 Å². The lowest BCUT2D eigenvalue weighted by molar-refractivity contribution is -0.152. The molecule has 1 saturated heterocycles. The summed E-state index contributed by atoms with van der Waals surface area (Å²) in [6.07, 6.45) is -1.59. The maximum absolute atomic E-state index is 12.2. The lowest BCUT2D eigenvalue weighted by atomic mass is 10.1. The molecule has 0 aromatic carbocycles. The van der Waals surface area contributed by atoms with Gasteiger partial charge >= 0.3 is 17.8 Å². The van der Waals surface area contributed by atoms with Gasteiger partial charge in [0.2, 0.25) is 0 Å². The number of ether oxygens (including phenoxy) is 4. The molecule has 2 heterocycles. The van der Waals surface area contributed by atoms with Crippen molar-refractivity contribution in [3.8, 4) is 0 Å². The minimum Gasteiger partial charge on any atom is -0.458 e. The highest BCUT2D eigenvalue weighted by atomic mass is 16.7. The first-order chi connectivity index (χ1) is 12.2. The first kappa shape index (κ1) is 19.7. The van der Waals surface area contributed by atoms with Crippen molar-refractivity contribution in [2.45, 2.75) is 51.5 Å². The zero-order chi connectivity index (χ0) is 19.4. The Morgan fingerprint density at radius 1 is 1.38 bits per heavy atom. The Hall–Kier alpha value is -2.62. The van der Waals surface area contributed by atoms with Gasteiger partial charge < -0.3 is 18.9 Å². The van der Waals surface area contributed by atoms with Crippen LogP contribution in [0.25, 0.3) is 0 Å². The maximum atomic E-state index is 12.2. The normalized spacial score (nSPS) is 22.3. The third-order valence-corrected chi connectivity index (χ3v) is 3.91. The number of hydrogen-bond acceptors (Lipinski definition) is 8. The molecule has 0 saturated carbocycles. The Balaban J connectivity index is 2.30. The van der Waals surface area contributed by atoms with Crippen LogP contribution in [0.15, 0.2) is 15.8 Å². The summed E-state index contributed by atoms with van der Waals surface area (Å²) in [6, 6.07) is 0. The number of methoxy groups -OCH3 is 1. The van der Waals surface area contributed by atoms with Gasteiger partial charge in [-0.3, -0.25) is 19.1 Å². The second-order valence-electron chi connectivity index (χ2n) is 6.20. The van der Waals surface area contributed by atoms with Crippen molar-refractivity contribution in [3.05, 3.63) is 32.6 Å². The summed E-state index contributed by atoms with van der Waals surface area (Å²) in [5, 5.41) is 0. The highest BCUT2D eigenvalue weighted by Gasteiger charge is 2.40. The second-order valence-corrected chi connectivity index (χ2v) is 6.20. The first-order valence-electron chi connectivity index (χ1n) is 8.11. The third kappa shape index (κ3) is 4.51. The van der Waals surface area contributed by atoms with E-state index in [1.807, 2.05) is 13.8 Å². The highest BCUT2D eigenvalue weighted by Crippen LogP contribution is 2.31. The van der Waals surface area contributed by atoms with Crippen LogP contribution in [-0.4, -0.2) is 47.6 Å². The Morgan fingerprint density at radius 2 is 2.08 bits per heavy atom. The summed E-state index contributed by atoms with van der Waals surface area (Å²) < 4.78 is 21.4. The monoisotopic (exact) mass is 370 g/mol. The molecule has 0 radical (unpaired) electrons. The van der Waals surface area contributed by atoms with Crippen molar-refractivity contribution in [2.24, 2.45) is 0 Å². The van der Waals surface area contributed by atoms with Gasteiger partial charge in [-0.15, -0.1) is 0 Å². The number of nitrogens with one attached hydrogen (secondary N) is 1. The molecule has 1 aromatic rings. The quantitative estimate of drug-likeness (QED) is 0.749. The predicted octanol–water partition coefficient (Wildman–Crippen LogP) is 0.662. The van der Waals surface area contributed by atoms with Crippen LogP contribution >= 0.6 is 0 Å². The van der Waals surface area contributed by atoms with Crippen LogP contribution in [0, 0.1) is 0 Å². The summed E-state index contributed by atoms with van der Waals surface area (Å²) in [5.74, 6) is -0.669. The lowest BCUT2D eigenvalue weighted by Crippen LogP contribution is -2.38. The van der Waals surface area contributed by atoms with Crippen molar-refractivity contribution in [1.82, 2.24) is 9.55 Å². The van der Waals surface area contributed by atoms with E-state index >= 15 is 0 Å². The fourth-order valence-corrected chi connectivity index (χ4v) is 2.71. The standard InChI is InChI=1S/C16H22N2O8/c1-8(2)11-6-18(15(21)17-13(11)20)14-12(25-9(3)19)5-10(26-14)7-24-16(22)23-4/h6,8,10,12,14H,5,7H2,1-4H3,(H,17,20,21)/t10-,12+,14+/m0/s1. The summed E-state index contributed by atoms with van der Waals surface area (Å²) in [7, 11) is 1.18. The Labute approximate surface area is 149 Å². The second kappa shape index (κ2) is 8.17. The number of H-pyrrole nitrogens is 1. The predicted molar refractivity (Wildman–Crippen MR) is 87.8 cm³/mol. The SMILES string of the molecule is COC(=O)OC[C@@H]1C[C@@H](OC(C)=O)[C@H](n2cc(C(C)C)c(=O)[nH]c2=O)O1. The summed E-state index contributed by atoms with van der Waals surface area (Å²) >= 11 is 0. The maximum Gasteiger partial charge on any atom is 0.508 e. The molecule has 0 bridgehead atoms. The smallest absolute Gasteiger partial charge is 0.458 e. The number of rotatable bonds is 5. The van der Waals surface area contributed by atoms with Crippen LogP contribution in [-0.2, 0) is 23.7 Å². The summed E-state index contributed by atoms with van der Waals surface area (Å²) in [4.78, 5) is 48.9. The zero-order valence-corrected chi connectivity index (χ0v) is 15.0. The number of aromatic nitrogens is 2. The van der Waals surface area contributed by atoms with E-state index in [1.165, 1.54) is 24.8 Å². The average molecular weight is 370 g/mol. The van der Waals surface area contributed by atoms with E-state index in [4.69, 9.17) is 14.2 Å². The van der Waals surface area contributed by atoms with Crippen LogP contribution in [0.3, 0.4) is 0 Å². The average Bonchev–Trinajstić information content (AvgIpc) is 2.94. The van der Waals surface area contributed by atoms with Crippen molar-refractivity contribution in [2.75, 3.05) is 13.7 Å². The molecule has 10 heteroatoms. The molecule has 10 nitrogen and oxygen atoms in total. The van der Waals surface area contributed by atoms with Gasteiger partial charge in [0.1, 0.15) is 12.7 Å². The summed E-state index contributed by atoms with van der Waals surface area (Å²) in [6.45, 7) is 4.73. The first-order valence-corrected chi connectivity index (χ1v) is 8.11. The van der Waals surface area contributed by atoms with E-state index in [0.717, 1.165) is 0 Å². The molecule has 26 heavy (non-hydrogen) atoms. The molecule has 2 rings (SSSR count). The number of carbonyl (C=O) groups excluding carboxylic acids is 2. The molecule has 1 aromatic heterocycles. The van der Waals surface area contributed by atoms with E-state index in [9.17, 15) is 19.2 Å². The number of esters is 1. The van der Waals surface area contributed by atoms with Crippen LogP contribution in [0.4, 0.5) is 4.79 Å². The molecular formula is C16H22N2O8. The summed E-state index contributed by atoms with van der Waals surface area (Å²) in [5.41, 5.74) is -0.769. The van der Waals surface area contributed by atoms with Crippen molar-refractivity contribution in [3.63, 3.8) is 0 Å². The van der Waals surface area contributed by atoms with Gasteiger partial charge in [-0.1, -0.05) is 13.8 Å². The minimum atomic E-state index is -0.952. The highest BCUT2D eigenvalue weighted by molar-refractivity contribution is 5.66. The molecule has 1 aliphatic rings. The Kier molecular flexibility index (Phi) is 6.19. The Bertz CT molecular complexity index is 781. The number of hydrogen-bond donors (Lipinski definition) is 1. The fourth-order valence-electron chi connectivity index (χ4n) is 2.71. The molecule has 1 N–H and O–H groups in total. The van der Waals surface area contributed by atoms with E-state index in [0.29, 0.717) is 5.56 Å². The zero-order valence-electron chi connectivity index (χ0n) is 15.0. The molecule has 1 fully saturated rings. The topological polar surface area (TPSA) is 126 Å². The van der Waals surface area contributed by atoms with Crippen molar-refractivity contribution < 1.29 is 28.5 Å². The minimum absolute atomic E-state index is 0.127. The van der Waals surface area contributed by atoms with Crippen LogP contribution in [0.5, 0.6) is 0 Å². The van der Waals surface area contributed by atoms with Crippen LogP contribution < -0.4 is 11.2 Å². The molecule has 0 spiro atoms. The molecule has 3 atom stereocenters. The van der Waals surface area contributed by atoms with E-state index in [-0.39, 0.29) is 18.9 Å². The van der Waals surface area contributed by atoms with Crippen LogP contribution in [0.1, 0.15) is 44.9 Å². The van der Waals surface area contributed by atoms with Gasteiger partial charge in [0.25, 0.3) is 5.56 Å². The fraction of sp³-hybridized carbons (Fsp3) is 0.625. The number of carbonyl (C=O) groups is 2. The third-order valence-electron chi connectivity index (χ3n) is 3.91. The van der Waals surface area contributed by atoms with Gasteiger partial charge in [-0.25, -0.2) is 9.59 Å². The molecule has 0 unspecified atom stereocenters. The molecule has 0 aliphatic carbocycles. The van der Waals surface area contributed by atoms with Crippen LogP contribution in [0.2, 0.25) is 0 Å². The molecule has 1 aliphatic heterocycles. The van der Waals surface area contributed by atoms with E-state index in [1.54, 1.807) is 0 Å². The van der Waals surface area contributed by atoms with Gasteiger partial charge in [0.15, 0.2) is 6.23 Å². The number of nitrogens with zero attached hydrogens (tertiary/aromatic N) is 1. The lowest BCUT2D eigenvalue weighted by Gasteiger charge is -2.21. The van der Waals surface area contributed by atoms with Crippen molar-refractivity contribution in [1.29, 1.82) is 0 Å². The molecule has 144 valence electrons. The van der Waals surface area contributed by atoms with Gasteiger partial charge in [-0.2, -0.15) is 0 Å². The molecule has 0 amide bonds. The van der Waals surface area contributed by atoms with Crippen molar-refractivity contribution >= 4 is 12.1 Å². The van der Waals surface area contributed by atoms with Gasteiger partial charge in [0, 0.05) is 25.1 Å². The largest absolute Gasteiger partial charge is 0.508 e. The van der Waals surface area contributed by atoms with E-state index in [2.05, 4.69) is 9.72 Å².